The average molecular weight is 183 g/mol. The summed E-state index contributed by atoms with van der Waals surface area (Å²) in [5.74, 6) is 0.266. The second kappa shape index (κ2) is 4.25. The number of hydrogen-bond acceptors (Lipinski definition) is 2. The number of carbonyl (C=O) groups excluding carboxylic acids is 1. The van der Waals surface area contributed by atoms with Crippen molar-refractivity contribution in [2.45, 2.75) is 38.6 Å². The molecule has 4 nitrogen and oxygen atoms in total. The van der Waals surface area contributed by atoms with Crippen molar-refractivity contribution in [3.8, 4) is 0 Å². The first-order valence-electron chi connectivity index (χ1n) is 4.80. The Balaban J connectivity index is 2.57. The number of carbonyl (C=O) groups is 1. The highest BCUT2D eigenvalue weighted by Crippen LogP contribution is 2.18. The Morgan fingerprint density at radius 3 is 2.92 bits per heavy atom. The third kappa shape index (κ3) is 2.20. The zero-order valence-electron chi connectivity index (χ0n) is 8.05. The van der Waals surface area contributed by atoms with Gasteiger partial charge in [-0.3, -0.25) is 10.2 Å². The summed E-state index contributed by atoms with van der Waals surface area (Å²) in [4.78, 5) is 13.3. The van der Waals surface area contributed by atoms with Gasteiger partial charge in [0.2, 0.25) is 0 Å². The van der Waals surface area contributed by atoms with Crippen molar-refractivity contribution in [3.05, 3.63) is 0 Å². The summed E-state index contributed by atoms with van der Waals surface area (Å²) in [6.07, 6.45) is 3.31. The van der Waals surface area contributed by atoms with Crippen LogP contribution in [0.5, 0.6) is 0 Å². The van der Waals surface area contributed by atoms with Gasteiger partial charge in [-0.15, -0.1) is 0 Å². The van der Waals surface area contributed by atoms with Crippen molar-refractivity contribution in [3.63, 3.8) is 0 Å². The van der Waals surface area contributed by atoms with E-state index in [4.69, 9.17) is 11.1 Å². The number of nitrogens with one attached hydrogen (secondary N) is 1. The molecule has 3 N–H and O–H groups in total. The molecule has 74 valence electrons. The second-order valence-electron chi connectivity index (χ2n) is 3.45. The number of rotatable bonds is 3. The molecule has 0 aromatic rings. The van der Waals surface area contributed by atoms with Gasteiger partial charge in [-0.05, 0) is 19.3 Å². The van der Waals surface area contributed by atoms with E-state index in [1.807, 2.05) is 6.92 Å². The van der Waals surface area contributed by atoms with E-state index in [0.29, 0.717) is 6.42 Å². The summed E-state index contributed by atoms with van der Waals surface area (Å²) in [7, 11) is 0. The predicted octanol–water partition coefficient (Wildman–Crippen LogP) is 0.713. The third-order valence-corrected chi connectivity index (χ3v) is 2.43. The molecule has 0 aromatic heterocycles. The zero-order valence-corrected chi connectivity index (χ0v) is 8.05. The van der Waals surface area contributed by atoms with Crippen molar-refractivity contribution in [2.24, 2.45) is 5.73 Å². The molecule has 1 rings (SSSR count). The monoisotopic (exact) mass is 183 g/mol. The lowest BCUT2D eigenvalue weighted by Crippen LogP contribution is -2.43. The molecule has 1 unspecified atom stereocenters. The van der Waals surface area contributed by atoms with E-state index in [9.17, 15) is 4.79 Å². The molecule has 1 saturated heterocycles. The third-order valence-electron chi connectivity index (χ3n) is 2.43. The second-order valence-corrected chi connectivity index (χ2v) is 3.45. The van der Waals surface area contributed by atoms with Gasteiger partial charge in [-0.2, -0.15) is 0 Å². The Kier molecular flexibility index (Phi) is 3.28. The molecule has 1 aliphatic rings. The Morgan fingerprint density at radius 1 is 1.69 bits per heavy atom. The normalized spacial score (nSPS) is 21.9. The van der Waals surface area contributed by atoms with Crippen molar-refractivity contribution >= 4 is 11.7 Å². The molecule has 13 heavy (non-hydrogen) atoms. The smallest absolute Gasteiger partial charge is 0.188 e. The van der Waals surface area contributed by atoms with Crippen LogP contribution in [0.3, 0.4) is 0 Å². The molecular weight excluding hydrogens is 166 g/mol. The van der Waals surface area contributed by atoms with E-state index in [0.717, 1.165) is 25.8 Å². The molecular formula is C9H17N3O. The minimum atomic E-state index is -0.113. The number of nitrogens with zero attached hydrogens (tertiary/aromatic N) is 1. The number of likely N-dealkylation sites (tertiary alicyclic amines) is 1. The molecule has 0 radical (unpaired) electrons. The van der Waals surface area contributed by atoms with Crippen molar-refractivity contribution < 1.29 is 4.79 Å². The van der Waals surface area contributed by atoms with E-state index >= 15 is 0 Å². The van der Waals surface area contributed by atoms with Crippen molar-refractivity contribution in [1.29, 1.82) is 5.41 Å². The van der Waals surface area contributed by atoms with Crippen LogP contribution in [0, 0.1) is 5.41 Å². The Morgan fingerprint density at radius 2 is 2.38 bits per heavy atom. The summed E-state index contributed by atoms with van der Waals surface area (Å²) in [5.41, 5.74) is 5.38. The van der Waals surface area contributed by atoms with Crippen LogP contribution in [0.4, 0.5) is 0 Å². The van der Waals surface area contributed by atoms with Gasteiger partial charge >= 0.3 is 0 Å². The minimum Gasteiger partial charge on any atom is -0.370 e. The summed E-state index contributed by atoms with van der Waals surface area (Å²) in [6.45, 7) is 2.75. The quantitative estimate of drug-likeness (QED) is 0.500. The van der Waals surface area contributed by atoms with E-state index < -0.39 is 0 Å². The fraction of sp³-hybridized carbons (Fsp3) is 0.778. The van der Waals surface area contributed by atoms with Crippen LogP contribution >= 0.6 is 0 Å². The van der Waals surface area contributed by atoms with Gasteiger partial charge < -0.3 is 10.6 Å². The van der Waals surface area contributed by atoms with Crippen LogP contribution in [-0.4, -0.2) is 29.2 Å². The van der Waals surface area contributed by atoms with Gasteiger partial charge in [0.05, 0.1) is 6.04 Å². The lowest BCUT2D eigenvalue weighted by molar-refractivity contribution is -0.122. The van der Waals surface area contributed by atoms with Crippen molar-refractivity contribution in [2.75, 3.05) is 6.54 Å². The van der Waals surface area contributed by atoms with Gasteiger partial charge in [0, 0.05) is 13.0 Å². The van der Waals surface area contributed by atoms with E-state index in [1.54, 1.807) is 4.90 Å². The molecule has 1 aliphatic heterocycles. The maximum atomic E-state index is 11.6. The van der Waals surface area contributed by atoms with Crippen LogP contribution in [0.15, 0.2) is 0 Å². The Hall–Kier alpha value is -1.06. The molecule has 0 bridgehead atoms. The molecule has 0 aromatic carbocycles. The average Bonchev–Trinajstić information content (AvgIpc) is 2.52. The van der Waals surface area contributed by atoms with Crippen LogP contribution in [0.25, 0.3) is 0 Å². The highest BCUT2D eigenvalue weighted by atomic mass is 16.1. The van der Waals surface area contributed by atoms with Crippen LogP contribution in [0.2, 0.25) is 0 Å². The van der Waals surface area contributed by atoms with Gasteiger partial charge in [-0.1, -0.05) is 6.92 Å². The molecule has 1 fully saturated rings. The standard InChI is InChI=1S/C9H17N3O/c1-2-4-8(13)7-5-3-6-12(7)9(10)11/h7H,2-6H2,1H3,(H3,10,11). The highest BCUT2D eigenvalue weighted by Gasteiger charge is 2.30. The molecule has 0 aliphatic carbocycles. The van der Waals surface area contributed by atoms with Gasteiger partial charge in [0.25, 0.3) is 0 Å². The zero-order chi connectivity index (χ0) is 9.84. The minimum absolute atomic E-state index is 0.0342. The number of guanidine groups is 1. The van der Waals surface area contributed by atoms with Crippen LogP contribution < -0.4 is 5.73 Å². The number of hydrogen-bond donors (Lipinski definition) is 2. The Labute approximate surface area is 78.6 Å². The van der Waals surface area contributed by atoms with Gasteiger partial charge in [0.1, 0.15) is 0 Å². The summed E-state index contributed by atoms with van der Waals surface area (Å²) in [6, 6.07) is -0.113. The summed E-state index contributed by atoms with van der Waals surface area (Å²) in [5, 5.41) is 7.30. The fourth-order valence-electron chi connectivity index (χ4n) is 1.80. The number of Topliss-reactive ketones (excluding diaryl/α,β-unsaturated/α-hetero) is 1. The first-order valence-corrected chi connectivity index (χ1v) is 4.80. The molecule has 4 heteroatoms. The fourth-order valence-corrected chi connectivity index (χ4v) is 1.80. The molecule has 0 amide bonds. The predicted molar refractivity (Wildman–Crippen MR) is 51.6 cm³/mol. The molecule has 1 heterocycles. The van der Waals surface area contributed by atoms with Crippen molar-refractivity contribution in [1.82, 2.24) is 4.90 Å². The molecule has 1 atom stereocenters. The topological polar surface area (TPSA) is 70.2 Å². The van der Waals surface area contributed by atoms with E-state index in [2.05, 4.69) is 0 Å². The van der Waals surface area contributed by atoms with Gasteiger partial charge in [0.15, 0.2) is 11.7 Å². The van der Waals surface area contributed by atoms with E-state index in [-0.39, 0.29) is 17.8 Å². The lowest BCUT2D eigenvalue weighted by Gasteiger charge is -2.23. The highest BCUT2D eigenvalue weighted by molar-refractivity contribution is 5.89. The van der Waals surface area contributed by atoms with Crippen LogP contribution in [-0.2, 0) is 4.79 Å². The maximum Gasteiger partial charge on any atom is 0.188 e. The van der Waals surface area contributed by atoms with Gasteiger partial charge in [-0.25, -0.2) is 0 Å². The largest absolute Gasteiger partial charge is 0.370 e. The molecule has 0 spiro atoms. The number of ketones is 1. The number of nitrogens with two attached hydrogens (primary N) is 1. The SMILES string of the molecule is CCCC(=O)C1CCCN1C(=N)N. The first kappa shape index (κ1) is 10.0. The first-order chi connectivity index (χ1) is 6.16. The van der Waals surface area contributed by atoms with E-state index in [1.165, 1.54) is 0 Å². The summed E-state index contributed by atoms with van der Waals surface area (Å²) < 4.78 is 0. The maximum absolute atomic E-state index is 11.6. The Bertz CT molecular complexity index is 215. The summed E-state index contributed by atoms with van der Waals surface area (Å²) >= 11 is 0. The van der Waals surface area contributed by atoms with Crippen LogP contribution in [0.1, 0.15) is 32.6 Å². The lowest BCUT2D eigenvalue weighted by atomic mass is 10.1. The molecule has 0 saturated carbocycles.